The van der Waals surface area contributed by atoms with E-state index in [0.29, 0.717) is 4.67 Å². The van der Waals surface area contributed by atoms with Crippen LogP contribution in [-0.2, 0) is 4.74 Å². The summed E-state index contributed by atoms with van der Waals surface area (Å²) in [6.45, 7) is 0. The Morgan fingerprint density at radius 2 is 2.05 bits per heavy atom. The van der Waals surface area contributed by atoms with Crippen LogP contribution in [0.25, 0.3) is 0 Å². The number of halogens is 1. The summed E-state index contributed by atoms with van der Waals surface area (Å²) in [5.41, 5.74) is 0.0522. The summed E-state index contributed by atoms with van der Waals surface area (Å²) in [6.07, 6.45) is 0. The normalized spacial score (nSPS) is 10.1. The van der Waals surface area contributed by atoms with Crippen LogP contribution in [-0.4, -0.2) is 24.1 Å². The summed E-state index contributed by atoms with van der Waals surface area (Å²) in [7, 11) is 1.20. The highest BCUT2D eigenvalue weighted by Crippen LogP contribution is 2.28. The lowest BCUT2D eigenvalue weighted by Crippen LogP contribution is -2.12. The smallest absolute Gasteiger partial charge is 0.341 e. The molecule has 2 N–H and O–H groups in total. The number of phenolic OH excluding ortho intramolecular Hbond substituents is 1. The summed E-state index contributed by atoms with van der Waals surface area (Å²) in [6, 6.07) is 7.40. The zero-order chi connectivity index (χ0) is 14.7. The monoisotopic (exact) mass is 339 g/mol. The fourth-order valence-corrected chi connectivity index (χ4v) is 1.85. The molecule has 0 unspecified atom stereocenters. The first-order valence-corrected chi connectivity index (χ1v) is 6.29. The molecule has 1 heterocycles. The minimum Gasteiger partial charge on any atom is -0.505 e. The Morgan fingerprint density at radius 1 is 1.30 bits per heavy atom. The fourth-order valence-electron chi connectivity index (χ4n) is 1.54. The third kappa shape index (κ3) is 2.83. The number of anilines is 1. The number of carbonyl (C=O) groups excluding carboxylic acids is 2. The lowest BCUT2D eigenvalue weighted by molar-refractivity contribution is 0.0597. The number of amides is 1. The van der Waals surface area contributed by atoms with Crippen molar-refractivity contribution in [2.45, 2.75) is 0 Å². The van der Waals surface area contributed by atoms with Gasteiger partial charge in [-0.25, -0.2) is 4.79 Å². The molecule has 1 aromatic carbocycles. The second-order valence-corrected chi connectivity index (χ2v) is 4.53. The average Bonchev–Trinajstić information content (AvgIpc) is 2.87. The van der Waals surface area contributed by atoms with Gasteiger partial charge < -0.3 is 19.6 Å². The first-order valence-electron chi connectivity index (χ1n) is 5.50. The molecule has 20 heavy (non-hydrogen) atoms. The van der Waals surface area contributed by atoms with E-state index in [4.69, 9.17) is 4.42 Å². The minimum atomic E-state index is -0.695. The number of hydrogen-bond acceptors (Lipinski definition) is 5. The number of ether oxygens (including phenoxy) is 1. The Bertz CT molecular complexity index is 665. The maximum absolute atomic E-state index is 11.9. The van der Waals surface area contributed by atoms with Gasteiger partial charge in [0.25, 0.3) is 5.91 Å². The SMILES string of the molecule is COC(=O)c1cccc(NC(=O)c2ccc(Br)o2)c1O. The number of rotatable bonds is 3. The molecule has 0 bridgehead atoms. The zero-order valence-corrected chi connectivity index (χ0v) is 11.9. The Kier molecular flexibility index (Phi) is 4.09. The summed E-state index contributed by atoms with van der Waals surface area (Å²) in [4.78, 5) is 23.3. The molecule has 6 nitrogen and oxygen atoms in total. The molecule has 0 spiro atoms. The van der Waals surface area contributed by atoms with Gasteiger partial charge in [-0.05, 0) is 40.2 Å². The van der Waals surface area contributed by atoms with Gasteiger partial charge in [0.05, 0.1) is 12.8 Å². The van der Waals surface area contributed by atoms with E-state index in [2.05, 4.69) is 26.0 Å². The largest absolute Gasteiger partial charge is 0.505 e. The van der Waals surface area contributed by atoms with Crippen LogP contribution in [0, 0.1) is 0 Å². The molecule has 0 saturated carbocycles. The van der Waals surface area contributed by atoms with E-state index in [0.717, 1.165) is 0 Å². The van der Waals surface area contributed by atoms with Crippen LogP contribution in [0.1, 0.15) is 20.9 Å². The highest BCUT2D eigenvalue weighted by molar-refractivity contribution is 9.10. The molecule has 0 aliphatic rings. The number of benzene rings is 1. The van der Waals surface area contributed by atoms with Crippen LogP contribution in [0.2, 0.25) is 0 Å². The van der Waals surface area contributed by atoms with E-state index >= 15 is 0 Å². The highest BCUT2D eigenvalue weighted by Gasteiger charge is 2.17. The number of carbonyl (C=O) groups is 2. The fraction of sp³-hybridized carbons (Fsp3) is 0.0769. The molecule has 0 aliphatic heterocycles. The van der Waals surface area contributed by atoms with Gasteiger partial charge in [-0.1, -0.05) is 6.07 Å². The molecule has 2 rings (SSSR count). The summed E-state index contributed by atoms with van der Waals surface area (Å²) >= 11 is 3.08. The molecule has 0 saturated heterocycles. The van der Waals surface area contributed by atoms with E-state index in [1.54, 1.807) is 6.07 Å². The molecule has 7 heteroatoms. The first-order chi connectivity index (χ1) is 9.52. The van der Waals surface area contributed by atoms with Crippen molar-refractivity contribution in [3.63, 3.8) is 0 Å². The molecule has 2 aromatic rings. The van der Waals surface area contributed by atoms with E-state index in [9.17, 15) is 14.7 Å². The van der Waals surface area contributed by atoms with E-state index in [-0.39, 0.29) is 22.8 Å². The number of methoxy groups -OCH3 is 1. The van der Waals surface area contributed by atoms with Gasteiger partial charge in [-0.15, -0.1) is 0 Å². The second kappa shape index (κ2) is 5.79. The number of nitrogens with one attached hydrogen (secondary N) is 1. The molecule has 1 amide bonds. The number of aromatic hydroxyl groups is 1. The molecule has 104 valence electrons. The Balaban J connectivity index is 2.26. The van der Waals surface area contributed by atoms with Gasteiger partial charge in [0.1, 0.15) is 5.56 Å². The Morgan fingerprint density at radius 3 is 2.65 bits per heavy atom. The quantitative estimate of drug-likeness (QED) is 0.663. The van der Waals surface area contributed by atoms with Crippen molar-refractivity contribution in [2.75, 3.05) is 12.4 Å². The van der Waals surface area contributed by atoms with Gasteiger partial charge in [-0.3, -0.25) is 4.79 Å². The van der Waals surface area contributed by atoms with Crippen LogP contribution in [0.3, 0.4) is 0 Å². The molecule has 0 fully saturated rings. The predicted octanol–water partition coefficient (Wildman–Crippen LogP) is 2.79. The number of hydrogen-bond donors (Lipinski definition) is 2. The van der Waals surface area contributed by atoms with Crippen molar-refractivity contribution in [1.29, 1.82) is 0 Å². The highest BCUT2D eigenvalue weighted by atomic mass is 79.9. The van der Waals surface area contributed by atoms with E-state index < -0.39 is 11.9 Å². The lowest BCUT2D eigenvalue weighted by atomic mass is 10.1. The molecule has 0 atom stereocenters. The summed E-state index contributed by atoms with van der Waals surface area (Å²) in [5, 5.41) is 12.4. The van der Waals surface area contributed by atoms with Gasteiger partial charge in [0.15, 0.2) is 16.2 Å². The van der Waals surface area contributed by atoms with Crippen molar-refractivity contribution < 1.29 is 23.8 Å². The van der Waals surface area contributed by atoms with E-state index in [1.165, 1.54) is 31.4 Å². The Labute approximate surface area is 122 Å². The molecule has 0 aliphatic carbocycles. The van der Waals surface area contributed by atoms with Crippen LogP contribution < -0.4 is 5.32 Å². The lowest BCUT2D eigenvalue weighted by Gasteiger charge is -2.08. The minimum absolute atomic E-state index is 0.0362. The van der Waals surface area contributed by atoms with Crippen LogP contribution in [0.15, 0.2) is 39.4 Å². The van der Waals surface area contributed by atoms with Gasteiger partial charge in [0.2, 0.25) is 0 Å². The van der Waals surface area contributed by atoms with Gasteiger partial charge in [0, 0.05) is 0 Å². The average molecular weight is 340 g/mol. The zero-order valence-electron chi connectivity index (χ0n) is 10.3. The number of esters is 1. The van der Waals surface area contributed by atoms with Crippen molar-refractivity contribution >= 4 is 33.5 Å². The predicted molar refractivity (Wildman–Crippen MR) is 73.8 cm³/mol. The maximum atomic E-state index is 11.9. The standard InChI is InChI=1S/C13H10BrNO5/c1-19-13(18)7-3-2-4-8(11(7)16)15-12(17)9-5-6-10(14)20-9/h2-6,16H,1H3,(H,15,17). The maximum Gasteiger partial charge on any atom is 0.341 e. The molecule has 0 radical (unpaired) electrons. The van der Waals surface area contributed by atoms with Crippen LogP contribution in [0.5, 0.6) is 5.75 Å². The summed E-state index contributed by atoms with van der Waals surface area (Å²) in [5.74, 6) is -1.54. The second-order valence-electron chi connectivity index (χ2n) is 3.75. The van der Waals surface area contributed by atoms with Gasteiger partial charge in [-0.2, -0.15) is 0 Å². The first kappa shape index (κ1) is 14.1. The third-order valence-electron chi connectivity index (χ3n) is 2.49. The van der Waals surface area contributed by atoms with E-state index in [1.807, 2.05) is 0 Å². The van der Waals surface area contributed by atoms with Crippen molar-refractivity contribution in [3.05, 3.63) is 46.3 Å². The number of furan rings is 1. The van der Waals surface area contributed by atoms with Crippen molar-refractivity contribution in [1.82, 2.24) is 0 Å². The number of phenols is 1. The molecular weight excluding hydrogens is 330 g/mol. The Hall–Kier alpha value is -2.28. The molecule has 1 aromatic heterocycles. The van der Waals surface area contributed by atoms with Crippen LogP contribution >= 0.6 is 15.9 Å². The van der Waals surface area contributed by atoms with Gasteiger partial charge >= 0.3 is 5.97 Å². The summed E-state index contributed by atoms with van der Waals surface area (Å²) < 4.78 is 10.0. The number of para-hydroxylation sites is 1. The topological polar surface area (TPSA) is 88.8 Å². The molecular formula is C13H10BrNO5. The van der Waals surface area contributed by atoms with Crippen molar-refractivity contribution in [2.24, 2.45) is 0 Å². The van der Waals surface area contributed by atoms with Crippen molar-refractivity contribution in [3.8, 4) is 5.75 Å². The third-order valence-corrected chi connectivity index (χ3v) is 2.91. The van der Waals surface area contributed by atoms with Crippen LogP contribution in [0.4, 0.5) is 5.69 Å².